The van der Waals surface area contributed by atoms with Crippen molar-refractivity contribution in [2.24, 2.45) is 0 Å². The topological polar surface area (TPSA) is 84.5 Å². The van der Waals surface area contributed by atoms with Gasteiger partial charge in [0.1, 0.15) is 12.4 Å². The number of rotatable bonds is 8. The summed E-state index contributed by atoms with van der Waals surface area (Å²) >= 11 is 0. The van der Waals surface area contributed by atoms with Gasteiger partial charge < -0.3 is 10.1 Å². The summed E-state index contributed by atoms with van der Waals surface area (Å²) in [5, 5.41) is 2.78. The van der Waals surface area contributed by atoms with E-state index in [0.717, 1.165) is 5.56 Å². The van der Waals surface area contributed by atoms with Gasteiger partial charge in [-0.15, -0.1) is 0 Å². The zero-order valence-electron chi connectivity index (χ0n) is 16.5. The molecule has 3 rings (SSSR count). The van der Waals surface area contributed by atoms with E-state index in [2.05, 4.69) is 16.6 Å². The maximum atomic E-state index is 12.6. The molecule has 1 amide bonds. The van der Waals surface area contributed by atoms with E-state index < -0.39 is 10.0 Å². The van der Waals surface area contributed by atoms with Crippen LogP contribution in [0.2, 0.25) is 0 Å². The molecule has 0 aliphatic rings. The van der Waals surface area contributed by atoms with E-state index in [4.69, 9.17) is 4.74 Å². The lowest BCUT2D eigenvalue weighted by Gasteiger charge is -2.11. The number of ether oxygens (including phenoxy) is 1. The van der Waals surface area contributed by atoms with Crippen LogP contribution in [-0.2, 0) is 10.0 Å². The standard InChI is InChI=1S/C23H22N2O4S/c1-3-14-29-21-9-5-7-19(16-21)24-23(26)18-6-4-8-20(15-18)25-30(27,28)22-12-10-17(2)11-13-22/h3-13,15-16,25H,1,14H2,2H3,(H,24,26). The Balaban J connectivity index is 1.74. The molecule has 0 saturated carbocycles. The lowest BCUT2D eigenvalue weighted by Crippen LogP contribution is -2.15. The summed E-state index contributed by atoms with van der Waals surface area (Å²) in [6.45, 7) is 5.84. The highest BCUT2D eigenvalue weighted by Gasteiger charge is 2.15. The zero-order chi connectivity index (χ0) is 21.6. The van der Waals surface area contributed by atoms with Crippen LogP contribution < -0.4 is 14.8 Å². The number of carbonyl (C=O) groups excluding carboxylic acids is 1. The molecule has 6 nitrogen and oxygen atoms in total. The predicted octanol–water partition coefficient (Wildman–Crippen LogP) is 4.61. The molecule has 7 heteroatoms. The van der Waals surface area contributed by atoms with Gasteiger partial charge in [-0.2, -0.15) is 0 Å². The second kappa shape index (κ2) is 9.28. The molecular formula is C23H22N2O4S. The van der Waals surface area contributed by atoms with Gasteiger partial charge in [0.05, 0.1) is 4.90 Å². The van der Waals surface area contributed by atoms with E-state index in [1.165, 1.54) is 18.2 Å². The Morgan fingerprint density at radius 3 is 2.43 bits per heavy atom. The number of benzene rings is 3. The number of nitrogens with one attached hydrogen (secondary N) is 2. The fourth-order valence-electron chi connectivity index (χ4n) is 2.68. The molecule has 0 saturated heterocycles. The van der Waals surface area contributed by atoms with Crippen LogP contribution in [-0.4, -0.2) is 20.9 Å². The van der Waals surface area contributed by atoms with Crippen LogP contribution >= 0.6 is 0 Å². The highest BCUT2D eigenvalue weighted by molar-refractivity contribution is 7.92. The second-order valence-electron chi connectivity index (χ2n) is 6.58. The van der Waals surface area contributed by atoms with Crippen molar-refractivity contribution in [1.29, 1.82) is 0 Å². The number of aryl methyl sites for hydroxylation is 1. The third-order valence-corrected chi connectivity index (χ3v) is 5.57. The number of hydrogen-bond acceptors (Lipinski definition) is 4. The van der Waals surface area contributed by atoms with Crippen molar-refractivity contribution in [3.05, 3.63) is 96.6 Å². The summed E-state index contributed by atoms with van der Waals surface area (Å²) in [5.74, 6) is 0.236. The summed E-state index contributed by atoms with van der Waals surface area (Å²) in [4.78, 5) is 12.8. The third-order valence-electron chi connectivity index (χ3n) is 4.17. The molecule has 0 unspecified atom stereocenters. The van der Waals surface area contributed by atoms with Crippen LogP contribution in [0.3, 0.4) is 0 Å². The normalized spacial score (nSPS) is 10.8. The molecule has 0 atom stereocenters. The van der Waals surface area contributed by atoms with Crippen LogP contribution in [0.4, 0.5) is 11.4 Å². The summed E-state index contributed by atoms with van der Waals surface area (Å²) in [7, 11) is -3.75. The molecular weight excluding hydrogens is 400 g/mol. The molecule has 0 heterocycles. The first-order valence-electron chi connectivity index (χ1n) is 9.22. The van der Waals surface area contributed by atoms with Crippen molar-refractivity contribution < 1.29 is 17.9 Å². The Morgan fingerprint density at radius 1 is 1.00 bits per heavy atom. The van der Waals surface area contributed by atoms with Gasteiger partial charge >= 0.3 is 0 Å². The summed E-state index contributed by atoms with van der Waals surface area (Å²) in [6, 6.07) is 19.8. The Kier molecular flexibility index (Phi) is 6.54. The number of hydrogen-bond donors (Lipinski definition) is 2. The van der Waals surface area contributed by atoms with E-state index in [9.17, 15) is 13.2 Å². The van der Waals surface area contributed by atoms with Gasteiger partial charge in [0, 0.05) is 23.0 Å². The smallest absolute Gasteiger partial charge is 0.261 e. The van der Waals surface area contributed by atoms with Crippen molar-refractivity contribution in [1.82, 2.24) is 0 Å². The molecule has 0 fully saturated rings. The predicted molar refractivity (Wildman–Crippen MR) is 119 cm³/mol. The van der Waals surface area contributed by atoms with Crippen LogP contribution in [0.1, 0.15) is 15.9 Å². The van der Waals surface area contributed by atoms with E-state index in [0.29, 0.717) is 29.3 Å². The van der Waals surface area contributed by atoms with Gasteiger partial charge in [-0.1, -0.05) is 42.5 Å². The van der Waals surface area contributed by atoms with Crippen LogP contribution in [0, 0.1) is 6.92 Å². The number of anilines is 2. The van der Waals surface area contributed by atoms with Crippen LogP contribution in [0.15, 0.2) is 90.3 Å². The monoisotopic (exact) mass is 422 g/mol. The minimum Gasteiger partial charge on any atom is -0.489 e. The van der Waals surface area contributed by atoms with Gasteiger partial charge in [0.15, 0.2) is 0 Å². The lowest BCUT2D eigenvalue weighted by molar-refractivity contribution is 0.102. The minimum atomic E-state index is -3.75. The first-order chi connectivity index (χ1) is 14.4. The molecule has 0 bridgehead atoms. The molecule has 30 heavy (non-hydrogen) atoms. The first-order valence-corrected chi connectivity index (χ1v) is 10.7. The Morgan fingerprint density at radius 2 is 1.70 bits per heavy atom. The molecule has 0 radical (unpaired) electrons. The van der Waals surface area contributed by atoms with E-state index in [-0.39, 0.29) is 10.8 Å². The maximum absolute atomic E-state index is 12.6. The molecule has 154 valence electrons. The molecule has 0 aliphatic heterocycles. The average molecular weight is 423 g/mol. The van der Waals surface area contributed by atoms with E-state index in [1.807, 2.05) is 6.92 Å². The lowest BCUT2D eigenvalue weighted by atomic mass is 10.2. The van der Waals surface area contributed by atoms with E-state index >= 15 is 0 Å². The average Bonchev–Trinajstić information content (AvgIpc) is 2.73. The SMILES string of the molecule is C=CCOc1cccc(NC(=O)c2cccc(NS(=O)(=O)c3ccc(C)cc3)c2)c1. The number of amides is 1. The van der Waals surface area contributed by atoms with Crippen molar-refractivity contribution >= 4 is 27.3 Å². The Bertz CT molecular complexity index is 1160. The molecule has 0 aromatic heterocycles. The fourth-order valence-corrected chi connectivity index (χ4v) is 3.73. The zero-order valence-corrected chi connectivity index (χ0v) is 17.3. The number of carbonyl (C=O) groups is 1. The quantitative estimate of drug-likeness (QED) is 0.519. The van der Waals surface area contributed by atoms with Crippen molar-refractivity contribution in [3.8, 4) is 5.75 Å². The highest BCUT2D eigenvalue weighted by atomic mass is 32.2. The summed E-state index contributed by atoms with van der Waals surface area (Å²) in [5.41, 5.74) is 2.14. The van der Waals surface area contributed by atoms with Crippen molar-refractivity contribution in [2.45, 2.75) is 11.8 Å². The van der Waals surface area contributed by atoms with Crippen LogP contribution in [0.5, 0.6) is 5.75 Å². The van der Waals surface area contributed by atoms with Crippen molar-refractivity contribution in [3.63, 3.8) is 0 Å². The van der Waals surface area contributed by atoms with Gasteiger partial charge in [0.25, 0.3) is 15.9 Å². The third kappa shape index (κ3) is 5.48. The first kappa shape index (κ1) is 21.1. The van der Waals surface area contributed by atoms with Gasteiger partial charge in [-0.25, -0.2) is 8.42 Å². The largest absolute Gasteiger partial charge is 0.489 e. The summed E-state index contributed by atoms with van der Waals surface area (Å²) in [6.07, 6.45) is 1.63. The maximum Gasteiger partial charge on any atom is 0.261 e. The fraction of sp³-hybridized carbons (Fsp3) is 0.0870. The minimum absolute atomic E-state index is 0.152. The van der Waals surface area contributed by atoms with Crippen LogP contribution in [0.25, 0.3) is 0 Å². The molecule has 0 spiro atoms. The van der Waals surface area contributed by atoms with Gasteiger partial charge in [-0.05, 0) is 49.4 Å². The van der Waals surface area contributed by atoms with Crippen molar-refractivity contribution in [2.75, 3.05) is 16.6 Å². The molecule has 0 aliphatic carbocycles. The molecule has 3 aromatic rings. The summed E-state index contributed by atoms with van der Waals surface area (Å²) < 4.78 is 33.1. The molecule has 3 aromatic carbocycles. The Hall–Kier alpha value is -3.58. The van der Waals surface area contributed by atoms with E-state index in [1.54, 1.807) is 60.7 Å². The van der Waals surface area contributed by atoms with Gasteiger partial charge in [0.2, 0.25) is 0 Å². The highest BCUT2D eigenvalue weighted by Crippen LogP contribution is 2.20. The molecule has 2 N–H and O–H groups in total. The number of sulfonamides is 1. The van der Waals surface area contributed by atoms with Gasteiger partial charge in [-0.3, -0.25) is 9.52 Å². The second-order valence-corrected chi connectivity index (χ2v) is 8.26. The Labute approximate surface area is 176 Å².